The van der Waals surface area contributed by atoms with Gasteiger partial charge in [-0.2, -0.15) is 0 Å². The average molecular weight is 236 g/mol. The highest BCUT2D eigenvalue weighted by molar-refractivity contribution is 5.36. The molecule has 2 rings (SSSR count). The molecule has 94 valence electrons. The molecule has 2 N–H and O–H groups in total. The Morgan fingerprint density at radius 2 is 2.29 bits per heavy atom. The monoisotopic (exact) mass is 236 g/mol. The van der Waals surface area contributed by atoms with Gasteiger partial charge in [-0.3, -0.25) is 0 Å². The van der Waals surface area contributed by atoms with Crippen molar-refractivity contribution in [1.29, 1.82) is 0 Å². The highest BCUT2D eigenvalue weighted by Gasteiger charge is 2.30. The molecule has 1 aliphatic rings. The van der Waals surface area contributed by atoms with E-state index in [2.05, 4.69) is 14.9 Å². The van der Waals surface area contributed by atoms with Crippen LogP contribution in [0.15, 0.2) is 6.20 Å². The fraction of sp³-hybridized carbons (Fsp3) is 0.667. The smallest absolute Gasteiger partial charge is 0.225 e. The van der Waals surface area contributed by atoms with Crippen molar-refractivity contribution in [2.75, 3.05) is 25.2 Å². The molecule has 1 aliphatic carbocycles. The lowest BCUT2D eigenvalue weighted by molar-refractivity contribution is 0.204. The van der Waals surface area contributed by atoms with Crippen LogP contribution in [0.1, 0.15) is 24.1 Å². The molecule has 5 nitrogen and oxygen atoms in total. The van der Waals surface area contributed by atoms with Gasteiger partial charge in [-0.05, 0) is 19.8 Å². The summed E-state index contributed by atoms with van der Waals surface area (Å²) in [6.07, 6.45) is 4.29. The van der Waals surface area contributed by atoms with Crippen molar-refractivity contribution in [3.8, 4) is 0 Å². The van der Waals surface area contributed by atoms with E-state index in [0.717, 1.165) is 23.8 Å². The minimum Gasteiger partial charge on any atom is -0.383 e. The molecule has 0 radical (unpaired) electrons. The van der Waals surface area contributed by atoms with Crippen molar-refractivity contribution < 1.29 is 4.74 Å². The first kappa shape index (κ1) is 12.3. The SMILES string of the molecule is COCCN(c1ncc(CN)c(C)n1)C1CC1. The first-order valence-corrected chi connectivity index (χ1v) is 6.04. The Bertz CT molecular complexity index is 379. The van der Waals surface area contributed by atoms with Crippen LogP contribution in [0.2, 0.25) is 0 Å². The van der Waals surface area contributed by atoms with E-state index in [0.29, 0.717) is 19.2 Å². The molecule has 17 heavy (non-hydrogen) atoms. The normalized spacial score (nSPS) is 15.0. The third kappa shape index (κ3) is 2.92. The largest absolute Gasteiger partial charge is 0.383 e. The van der Waals surface area contributed by atoms with Gasteiger partial charge in [0.25, 0.3) is 0 Å². The fourth-order valence-corrected chi connectivity index (χ4v) is 1.84. The van der Waals surface area contributed by atoms with Crippen LogP contribution < -0.4 is 10.6 Å². The number of nitrogens with zero attached hydrogens (tertiary/aromatic N) is 3. The predicted octanol–water partition coefficient (Wildman–Crippen LogP) is 0.859. The molecule has 0 spiro atoms. The van der Waals surface area contributed by atoms with Crippen molar-refractivity contribution in [2.24, 2.45) is 5.73 Å². The number of aromatic nitrogens is 2. The minimum atomic E-state index is 0.494. The standard InChI is InChI=1S/C12H20N4O/c1-9-10(7-13)8-14-12(15-9)16(5-6-17-2)11-3-4-11/h8,11H,3-7,13H2,1-2H3. The zero-order valence-electron chi connectivity index (χ0n) is 10.5. The molecule has 5 heteroatoms. The quantitative estimate of drug-likeness (QED) is 0.793. The Labute approximate surface area is 102 Å². The second kappa shape index (κ2) is 5.42. The van der Waals surface area contributed by atoms with Gasteiger partial charge in [-0.25, -0.2) is 9.97 Å². The zero-order chi connectivity index (χ0) is 12.3. The molecule has 0 aliphatic heterocycles. The summed E-state index contributed by atoms with van der Waals surface area (Å²) in [6.45, 7) is 4.03. The molecule has 0 unspecified atom stereocenters. The summed E-state index contributed by atoms with van der Waals surface area (Å²) in [4.78, 5) is 11.2. The average Bonchev–Trinajstić information content (AvgIpc) is 3.14. The van der Waals surface area contributed by atoms with Crippen molar-refractivity contribution in [2.45, 2.75) is 32.4 Å². The molecule has 1 aromatic heterocycles. The number of methoxy groups -OCH3 is 1. The summed E-state index contributed by atoms with van der Waals surface area (Å²) in [7, 11) is 1.72. The van der Waals surface area contributed by atoms with Gasteiger partial charge in [0.2, 0.25) is 5.95 Å². The number of hydrogen-bond acceptors (Lipinski definition) is 5. The number of aryl methyl sites for hydroxylation is 1. The van der Waals surface area contributed by atoms with Crippen molar-refractivity contribution >= 4 is 5.95 Å². The first-order valence-electron chi connectivity index (χ1n) is 6.04. The lowest BCUT2D eigenvalue weighted by Crippen LogP contribution is -2.31. The Kier molecular flexibility index (Phi) is 3.91. The second-order valence-electron chi connectivity index (χ2n) is 4.40. The van der Waals surface area contributed by atoms with Crippen LogP contribution in [0.25, 0.3) is 0 Å². The maximum Gasteiger partial charge on any atom is 0.225 e. The molecule has 1 fully saturated rings. The molecule has 0 amide bonds. The van der Waals surface area contributed by atoms with E-state index in [-0.39, 0.29) is 0 Å². The van der Waals surface area contributed by atoms with E-state index in [1.54, 1.807) is 7.11 Å². The lowest BCUT2D eigenvalue weighted by atomic mass is 10.2. The van der Waals surface area contributed by atoms with Crippen molar-refractivity contribution in [3.63, 3.8) is 0 Å². The van der Waals surface area contributed by atoms with Gasteiger partial charge in [0.15, 0.2) is 0 Å². The Balaban J connectivity index is 2.14. The van der Waals surface area contributed by atoms with Gasteiger partial charge < -0.3 is 15.4 Å². The van der Waals surface area contributed by atoms with Crippen LogP contribution in [0.4, 0.5) is 5.95 Å². The van der Waals surface area contributed by atoms with E-state index < -0.39 is 0 Å². The van der Waals surface area contributed by atoms with E-state index in [9.17, 15) is 0 Å². The van der Waals surface area contributed by atoms with Crippen LogP contribution in [0.5, 0.6) is 0 Å². The summed E-state index contributed by atoms with van der Waals surface area (Å²) in [5.74, 6) is 0.805. The Morgan fingerprint density at radius 1 is 1.53 bits per heavy atom. The number of rotatable bonds is 6. The summed E-state index contributed by atoms with van der Waals surface area (Å²) >= 11 is 0. The van der Waals surface area contributed by atoms with E-state index in [1.165, 1.54) is 12.8 Å². The van der Waals surface area contributed by atoms with Gasteiger partial charge in [-0.1, -0.05) is 0 Å². The van der Waals surface area contributed by atoms with Crippen molar-refractivity contribution in [1.82, 2.24) is 9.97 Å². The van der Waals surface area contributed by atoms with Gasteiger partial charge in [0, 0.05) is 43.7 Å². The molecule has 0 aromatic carbocycles. The van der Waals surface area contributed by atoms with Crippen molar-refractivity contribution in [3.05, 3.63) is 17.5 Å². The molecule has 1 aromatic rings. The number of hydrogen-bond donors (Lipinski definition) is 1. The summed E-state index contributed by atoms with van der Waals surface area (Å²) < 4.78 is 5.13. The maximum atomic E-state index is 5.62. The van der Waals surface area contributed by atoms with E-state index in [1.807, 2.05) is 13.1 Å². The molecule has 1 saturated carbocycles. The van der Waals surface area contributed by atoms with E-state index in [4.69, 9.17) is 10.5 Å². The van der Waals surface area contributed by atoms with Gasteiger partial charge in [0.05, 0.1) is 6.61 Å². The van der Waals surface area contributed by atoms with Crippen LogP contribution in [-0.2, 0) is 11.3 Å². The van der Waals surface area contributed by atoms with Crippen LogP contribution in [0.3, 0.4) is 0 Å². The van der Waals surface area contributed by atoms with Crippen LogP contribution >= 0.6 is 0 Å². The van der Waals surface area contributed by atoms with Crippen LogP contribution in [0, 0.1) is 6.92 Å². The lowest BCUT2D eigenvalue weighted by Gasteiger charge is -2.22. The molecule has 0 atom stereocenters. The van der Waals surface area contributed by atoms with Gasteiger partial charge in [0.1, 0.15) is 0 Å². The zero-order valence-corrected chi connectivity index (χ0v) is 10.5. The maximum absolute atomic E-state index is 5.62. The third-order valence-corrected chi connectivity index (χ3v) is 3.07. The Hall–Kier alpha value is -1.20. The number of ether oxygens (including phenoxy) is 1. The first-order chi connectivity index (χ1) is 8.26. The molecule has 1 heterocycles. The molecule has 0 saturated heterocycles. The minimum absolute atomic E-state index is 0.494. The summed E-state index contributed by atoms with van der Waals surface area (Å²) in [5.41, 5.74) is 7.60. The number of anilines is 1. The summed E-state index contributed by atoms with van der Waals surface area (Å²) in [5, 5.41) is 0. The predicted molar refractivity (Wildman–Crippen MR) is 66.9 cm³/mol. The van der Waals surface area contributed by atoms with E-state index >= 15 is 0 Å². The number of nitrogens with two attached hydrogens (primary N) is 1. The highest BCUT2D eigenvalue weighted by atomic mass is 16.5. The summed E-state index contributed by atoms with van der Waals surface area (Å²) in [6, 6.07) is 0.591. The fourth-order valence-electron chi connectivity index (χ4n) is 1.84. The van der Waals surface area contributed by atoms with Gasteiger partial charge >= 0.3 is 0 Å². The highest BCUT2D eigenvalue weighted by Crippen LogP contribution is 2.29. The van der Waals surface area contributed by atoms with Crippen LogP contribution in [-0.4, -0.2) is 36.3 Å². The molecular formula is C12H20N4O. The molecule has 0 bridgehead atoms. The third-order valence-electron chi connectivity index (χ3n) is 3.07. The topological polar surface area (TPSA) is 64.3 Å². The molecular weight excluding hydrogens is 216 g/mol. The Morgan fingerprint density at radius 3 is 2.82 bits per heavy atom. The van der Waals surface area contributed by atoms with Gasteiger partial charge in [-0.15, -0.1) is 0 Å². The second-order valence-corrected chi connectivity index (χ2v) is 4.40.